The van der Waals surface area contributed by atoms with Gasteiger partial charge in [0.25, 0.3) is 0 Å². The Kier molecular flexibility index (Phi) is 3.80. The molecule has 0 aliphatic heterocycles. The molecule has 0 spiro atoms. The van der Waals surface area contributed by atoms with Gasteiger partial charge in [-0.3, -0.25) is 4.79 Å². The van der Waals surface area contributed by atoms with Gasteiger partial charge in [-0.25, -0.2) is 0 Å². The maximum Gasteiger partial charge on any atom is 0.417 e. The fourth-order valence-corrected chi connectivity index (χ4v) is 2.21. The lowest BCUT2D eigenvalue weighted by atomic mass is 10.0. The molecule has 1 aromatic carbocycles. The van der Waals surface area contributed by atoms with Crippen LogP contribution in [0.3, 0.4) is 0 Å². The van der Waals surface area contributed by atoms with Crippen molar-refractivity contribution >= 4 is 44.3 Å². The molecule has 0 N–H and O–H groups in total. The van der Waals surface area contributed by atoms with E-state index in [1.165, 1.54) is 6.07 Å². The average Bonchev–Trinajstić information content (AvgIpc) is 2.06. The quantitative estimate of drug-likeness (QED) is 0.515. The van der Waals surface area contributed by atoms with E-state index in [0.717, 1.165) is 13.0 Å². The molecule has 0 atom stereocenters. The van der Waals surface area contributed by atoms with Crippen molar-refractivity contribution in [1.82, 2.24) is 0 Å². The van der Waals surface area contributed by atoms with Gasteiger partial charge in [0.1, 0.15) is 0 Å². The summed E-state index contributed by atoms with van der Waals surface area (Å²) >= 11 is 4.86. The Bertz CT molecular complexity index is 415. The summed E-state index contributed by atoms with van der Waals surface area (Å²) in [5.41, 5.74) is -1.21. The van der Waals surface area contributed by atoms with Crippen LogP contribution < -0.4 is 0 Å². The van der Waals surface area contributed by atoms with Crippen molar-refractivity contribution in [3.8, 4) is 0 Å². The third-order valence-corrected chi connectivity index (χ3v) is 4.22. The average molecular weight is 393 g/mol. The third kappa shape index (κ3) is 2.72. The van der Waals surface area contributed by atoms with Crippen LogP contribution in [0.5, 0.6) is 0 Å². The fraction of sp³-hybridized carbons (Fsp3) is 0.222. The lowest BCUT2D eigenvalue weighted by Crippen LogP contribution is -2.12. The molecular formula is C9H5BrF3IO. The molecule has 0 aliphatic carbocycles. The number of ketones is 1. The van der Waals surface area contributed by atoms with E-state index in [1.54, 1.807) is 0 Å². The first-order chi connectivity index (χ1) is 6.75. The second-order valence-corrected chi connectivity index (χ2v) is 4.79. The van der Waals surface area contributed by atoms with E-state index >= 15 is 0 Å². The molecule has 1 nitrogen and oxygen atoms in total. The lowest BCUT2D eigenvalue weighted by Gasteiger charge is -2.13. The van der Waals surface area contributed by atoms with Gasteiger partial charge in [-0.1, -0.05) is 0 Å². The zero-order valence-corrected chi connectivity index (χ0v) is 11.2. The van der Waals surface area contributed by atoms with Gasteiger partial charge in [0, 0.05) is 13.6 Å². The highest BCUT2D eigenvalue weighted by Crippen LogP contribution is 2.37. The Morgan fingerprint density at radius 2 is 1.93 bits per heavy atom. The van der Waals surface area contributed by atoms with Gasteiger partial charge in [-0.05, 0) is 57.6 Å². The Morgan fingerprint density at radius 3 is 2.33 bits per heavy atom. The summed E-state index contributed by atoms with van der Waals surface area (Å²) in [5.74, 6) is -0.604. The summed E-state index contributed by atoms with van der Waals surface area (Å²) in [6.45, 7) is 1.12. The summed E-state index contributed by atoms with van der Waals surface area (Å²) in [4.78, 5) is 11.2. The van der Waals surface area contributed by atoms with Crippen molar-refractivity contribution in [2.24, 2.45) is 0 Å². The molecule has 0 fully saturated rings. The van der Waals surface area contributed by atoms with Crippen molar-refractivity contribution in [3.05, 3.63) is 31.3 Å². The lowest BCUT2D eigenvalue weighted by molar-refractivity contribution is -0.138. The van der Waals surface area contributed by atoms with Crippen LogP contribution >= 0.6 is 38.5 Å². The first-order valence-corrected chi connectivity index (χ1v) is 5.68. The Labute approximate surface area is 106 Å². The van der Waals surface area contributed by atoms with Gasteiger partial charge in [0.15, 0.2) is 5.78 Å². The molecule has 1 rings (SSSR count). The first kappa shape index (κ1) is 13.0. The van der Waals surface area contributed by atoms with E-state index in [-0.39, 0.29) is 10.0 Å². The van der Waals surface area contributed by atoms with Crippen LogP contribution in [0.25, 0.3) is 0 Å². The molecule has 0 bridgehead atoms. The van der Waals surface area contributed by atoms with Gasteiger partial charge in [-0.2, -0.15) is 13.2 Å². The molecule has 0 radical (unpaired) electrons. The summed E-state index contributed by atoms with van der Waals surface area (Å²) in [5, 5.41) is 0. The number of benzene rings is 1. The molecule has 0 aliphatic rings. The number of carbonyl (C=O) groups excluding carboxylic acids is 1. The fourth-order valence-electron chi connectivity index (χ4n) is 1.13. The first-order valence-electron chi connectivity index (χ1n) is 3.81. The van der Waals surface area contributed by atoms with Gasteiger partial charge in [0.2, 0.25) is 0 Å². The SMILES string of the molecule is CC(=O)c1c(C(F)(F)F)ccc(I)c1Br. The topological polar surface area (TPSA) is 17.1 Å². The van der Waals surface area contributed by atoms with Crippen LogP contribution in [0.15, 0.2) is 16.6 Å². The zero-order chi connectivity index (χ0) is 11.8. The largest absolute Gasteiger partial charge is 0.417 e. The van der Waals surface area contributed by atoms with E-state index < -0.39 is 17.5 Å². The van der Waals surface area contributed by atoms with E-state index in [4.69, 9.17) is 0 Å². The molecule has 6 heteroatoms. The van der Waals surface area contributed by atoms with Crippen LogP contribution in [0.4, 0.5) is 13.2 Å². The second kappa shape index (κ2) is 4.40. The molecule has 0 heterocycles. The highest BCUT2D eigenvalue weighted by atomic mass is 127. The Balaban J connectivity index is 3.55. The predicted molar refractivity (Wildman–Crippen MR) is 61.9 cm³/mol. The predicted octanol–water partition coefficient (Wildman–Crippen LogP) is 4.28. The summed E-state index contributed by atoms with van der Waals surface area (Å²) in [7, 11) is 0. The minimum absolute atomic E-state index is 0.199. The van der Waals surface area contributed by atoms with Crippen LogP contribution in [0.2, 0.25) is 0 Å². The number of hydrogen-bond donors (Lipinski definition) is 0. The van der Waals surface area contributed by atoms with Crippen LogP contribution in [0.1, 0.15) is 22.8 Å². The van der Waals surface area contributed by atoms with Crippen molar-refractivity contribution < 1.29 is 18.0 Å². The van der Waals surface area contributed by atoms with Crippen LogP contribution in [0, 0.1) is 3.57 Å². The monoisotopic (exact) mass is 392 g/mol. The number of halogens is 5. The standard InChI is InChI=1S/C9H5BrF3IO/c1-4(15)7-5(9(11,12)13)2-3-6(14)8(7)10/h2-3H,1H3. The van der Waals surface area contributed by atoms with Gasteiger partial charge < -0.3 is 0 Å². The number of alkyl halides is 3. The summed E-state index contributed by atoms with van der Waals surface area (Å²) in [6, 6.07) is 2.24. The highest BCUT2D eigenvalue weighted by Gasteiger charge is 2.35. The molecule has 82 valence electrons. The molecule has 0 aromatic heterocycles. The maximum atomic E-state index is 12.5. The van der Waals surface area contributed by atoms with Crippen LogP contribution in [-0.2, 0) is 6.18 Å². The molecule has 0 amide bonds. The van der Waals surface area contributed by atoms with E-state index in [1.807, 2.05) is 22.6 Å². The molecule has 0 saturated carbocycles. The Hall–Kier alpha value is -0.110. The summed E-state index contributed by atoms with van der Waals surface area (Å²) in [6.07, 6.45) is -4.51. The molecule has 1 aromatic rings. The van der Waals surface area contributed by atoms with E-state index in [9.17, 15) is 18.0 Å². The Morgan fingerprint density at radius 1 is 1.40 bits per heavy atom. The normalized spacial score (nSPS) is 11.6. The number of carbonyl (C=O) groups is 1. The molecule has 0 unspecified atom stereocenters. The molecular weight excluding hydrogens is 388 g/mol. The molecule has 15 heavy (non-hydrogen) atoms. The van der Waals surface area contributed by atoms with Crippen molar-refractivity contribution in [2.45, 2.75) is 13.1 Å². The maximum absolute atomic E-state index is 12.5. The van der Waals surface area contributed by atoms with Gasteiger partial charge in [0.05, 0.1) is 5.56 Å². The van der Waals surface area contributed by atoms with Crippen molar-refractivity contribution in [2.75, 3.05) is 0 Å². The minimum Gasteiger partial charge on any atom is -0.294 e. The summed E-state index contributed by atoms with van der Waals surface area (Å²) < 4.78 is 38.4. The smallest absolute Gasteiger partial charge is 0.294 e. The van der Waals surface area contributed by atoms with Crippen molar-refractivity contribution in [1.29, 1.82) is 0 Å². The number of rotatable bonds is 1. The van der Waals surface area contributed by atoms with Gasteiger partial charge >= 0.3 is 6.18 Å². The van der Waals surface area contributed by atoms with E-state index in [0.29, 0.717) is 3.57 Å². The zero-order valence-electron chi connectivity index (χ0n) is 7.45. The highest BCUT2D eigenvalue weighted by molar-refractivity contribution is 14.1. The third-order valence-electron chi connectivity index (χ3n) is 1.75. The van der Waals surface area contributed by atoms with Crippen molar-refractivity contribution in [3.63, 3.8) is 0 Å². The second-order valence-electron chi connectivity index (χ2n) is 2.84. The number of Topliss-reactive ketones (excluding diaryl/α,β-unsaturated/α-hetero) is 1. The van der Waals surface area contributed by atoms with E-state index in [2.05, 4.69) is 15.9 Å². The van der Waals surface area contributed by atoms with Crippen LogP contribution in [-0.4, -0.2) is 5.78 Å². The number of hydrogen-bond acceptors (Lipinski definition) is 1. The molecule has 0 saturated heterocycles. The minimum atomic E-state index is -4.51. The van der Waals surface area contributed by atoms with Gasteiger partial charge in [-0.15, -0.1) is 0 Å².